The molecule has 0 saturated heterocycles. The summed E-state index contributed by atoms with van der Waals surface area (Å²) < 4.78 is 0. The van der Waals surface area contributed by atoms with Gasteiger partial charge in [-0.3, -0.25) is 10.1 Å². The van der Waals surface area contributed by atoms with Crippen molar-refractivity contribution in [2.45, 2.75) is 25.3 Å². The van der Waals surface area contributed by atoms with E-state index in [1.807, 2.05) is 0 Å². The number of hydrogen-bond acceptors (Lipinski definition) is 5. The van der Waals surface area contributed by atoms with Gasteiger partial charge in [0.25, 0.3) is 0 Å². The summed E-state index contributed by atoms with van der Waals surface area (Å²) in [5, 5.41) is 16.3. The number of nitrogens with one attached hydrogen (secondary N) is 1. The van der Waals surface area contributed by atoms with E-state index >= 15 is 0 Å². The molecular weight excluding hydrogens is 262 g/mol. The number of aromatic nitrogens is 1. The highest BCUT2D eigenvalue weighted by atomic mass is 32.1. The molecule has 1 aliphatic carbocycles. The molecule has 1 unspecified atom stereocenters. The Balaban J connectivity index is 1.90. The largest absolute Gasteiger partial charge is 0.357 e. The number of anilines is 1. The van der Waals surface area contributed by atoms with Crippen LogP contribution in [0.2, 0.25) is 0 Å². The maximum absolute atomic E-state index is 11.0. The normalized spacial score (nSPS) is 17.8. The van der Waals surface area contributed by atoms with Gasteiger partial charge < -0.3 is 5.32 Å². The van der Waals surface area contributed by atoms with E-state index in [2.05, 4.69) is 21.7 Å². The van der Waals surface area contributed by atoms with Crippen molar-refractivity contribution in [1.82, 2.24) is 4.98 Å². The molecule has 0 amide bonds. The fourth-order valence-corrected chi connectivity index (χ4v) is 3.44. The first-order valence-electron chi connectivity index (χ1n) is 6.18. The SMILES string of the molecule is O=[N+]([O-])c1cccnc1NC1CCCc2sccc21. The fourth-order valence-electron chi connectivity index (χ4n) is 2.46. The van der Waals surface area contributed by atoms with Crippen LogP contribution < -0.4 is 5.32 Å². The lowest BCUT2D eigenvalue weighted by Gasteiger charge is -2.23. The van der Waals surface area contributed by atoms with E-state index in [0.29, 0.717) is 5.82 Å². The van der Waals surface area contributed by atoms with Gasteiger partial charge in [0.15, 0.2) is 0 Å². The number of rotatable bonds is 3. The molecule has 1 atom stereocenters. The van der Waals surface area contributed by atoms with Crippen molar-refractivity contribution in [3.8, 4) is 0 Å². The molecule has 3 rings (SSSR count). The molecule has 0 bridgehead atoms. The molecule has 0 fully saturated rings. The van der Waals surface area contributed by atoms with Crippen molar-refractivity contribution in [1.29, 1.82) is 0 Å². The Hall–Kier alpha value is -1.95. The van der Waals surface area contributed by atoms with Crippen molar-refractivity contribution < 1.29 is 4.92 Å². The standard InChI is InChI=1S/C13H13N3O2S/c17-16(18)11-4-2-7-14-13(11)15-10-3-1-5-12-9(10)6-8-19-12/h2,4,6-8,10H,1,3,5H2,(H,14,15). The molecule has 1 N–H and O–H groups in total. The Morgan fingerprint density at radius 3 is 3.21 bits per heavy atom. The summed E-state index contributed by atoms with van der Waals surface area (Å²) in [6.07, 6.45) is 4.77. The Morgan fingerprint density at radius 1 is 1.47 bits per heavy atom. The lowest BCUT2D eigenvalue weighted by atomic mass is 9.94. The van der Waals surface area contributed by atoms with E-state index in [1.54, 1.807) is 23.6 Å². The maximum atomic E-state index is 11.0. The summed E-state index contributed by atoms with van der Waals surface area (Å²) in [4.78, 5) is 16.1. The molecule has 98 valence electrons. The highest BCUT2D eigenvalue weighted by Gasteiger charge is 2.24. The second-order valence-corrected chi connectivity index (χ2v) is 5.52. The Bertz CT molecular complexity index is 611. The predicted molar refractivity (Wildman–Crippen MR) is 74.5 cm³/mol. The summed E-state index contributed by atoms with van der Waals surface area (Å²) in [7, 11) is 0. The molecule has 0 radical (unpaired) electrons. The van der Waals surface area contributed by atoms with E-state index in [9.17, 15) is 10.1 Å². The van der Waals surface area contributed by atoms with Crippen LogP contribution in [0.1, 0.15) is 29.3 Å². The topological polar surface area (TPSA) is 68.1 Å². The number of fused-ring (bicyclic) bond motifs is 1. The van der Waals surface area contributed by atoms with E-state index in [-0.39, 0.29) is 11.7 Å². The van der Waals surface area contributed by atoms with Crippen LogP contribution in [0, 0.1) is 10.1 Å². The molecule has 5 nitrogen and oxygen atoms in total. The van der Waals surface area contributed by atoms with Gasteiger partial charge in [0.05, 0.1) is 11.0 Å². The summed E-state index contributed by atoms with van der Waals surface area (Å²) >= 11 is 1.76. The molecular formula is C13H13N3O2S. The smallest absolute Gasteiger partial charge is 0.311 e. The molecule has 0 aliphatic heterocycles. The van der Waals surface area contributed by atoms with Crippen LogP contribution in [0.5, 0.6) is 0 Å². The third-order valence-electron chi connectivity index (χ3n) is 3.35. The zero-order valence-electron chi connectivity index (χ0n) is 10.2. The third-order valence-corrected chi connectivity index (χ3v) is 4.34. The zero-order valence-corrected chi connectivity index (χ0v) is 11.0. The highest BCUT2D eigenvalue weighted by molar-refractivity contribution is 7.10. The fraction of sp³-hybridized carbons (Fsp3) is 0.308. The Labute approximate surface area is 114 Å². The summed E-state index contributed by atoms with van der Waals surface area (Å²) in [6, 6.07) is 5.29. The Kier molecular flexibility index (Phi) is 3.16. The highest BCUT2D eigenvalue weighted by Crippen LogP contribution is 2.36. The number of pyridine rings is 1. The number of hydrogen-bond donors (Lipinski definition) is 1. The van der Waals surface area contributed by atoms with Crippen molar-refractivity contribution >= 4 is 22.8 Å². The van der Waals surface area contributed by atoms with Gasteiger partial charge in [-0.1, -0.05) is 0 Å². The van der Waals surface area contributed by atoms with Gasteiger partial charge in [0.1, 0.15) is 0 Å². The van der Waals surface area contributed by atoms with Crippen molar-refractivity contribution in [3.05, 3.63) is 50.3 Å². The third kappa shape index (κ3) is 2.31. The minimum atomic E-state index is -0.396. The monoisotopic (exact) mass is 275 g/mol. The zero-order chi connectivity index (χ0) is 13.2. The van der Waals surface area contributed by atoms with E-state index < -0.39 is 4.92 Å². The number of nitrogens with zero attached hydrogens (tertiary/aromatic N) is 2. The first kappa shape index (κ1) is 12.1. The molecule has 0 spiro atoms. The lowest BCUT2D eigenvalue weighted by molar-refractivity contribution is -0.384. The average molecular weight is 275 g/mol. The minimum Gasteiger partial charge on any atom is -0.357 e. The number of aryl methyl sites for hydroxylation is 1. The van der Waals surface area contributed by atoms with Crippen LogP contribution in [0.3, 0.4) is 0 Å². The molecule has 0 saturated carbocycles. The molecule has 2 aromatic heterocycles. The van der Waals surface area contributed by atoms with Crippen molar-refractivity contribution in [3.63, 3.8) is 0 Å². The van der Waals surface area contributed by atoms with E-state index in [0.717, 1.165) is 19.3 Å². The second-order valence-electron chi connectivity index (χ2n) is 4.52. The Morgan fingerprint density at radius 2 is 2.37 bits per heavy atom. The average Bonchev–Trinajstić information content (AvgIpc) is 2.88. The van der Waals surface area contributed by atoms with Crippen LogP contribution >= 0.6 is 11.3 Å². The first-order chi connectivity index (χ1) is 9.25. The van der Waals surface area contributed by atoms with Gasteiger partial charge in [0.2, 0.25) is 5.82 Å². The quantitative estimate of drug-likeness (QED) is 0.687. The molecule has 6 heteroatoms. The molecule has 2 heterocycles. The predicted octanol–water partition coefficient (Wildman–Crippen LogP) is 3.54. The molecule has 2 aromatic rings. The van der Waals surface area contributed by atoms with Gasteiger partial charge in [0, 0.05) is 17.1 Å². The minimum absolute atomic E-state index is 0.0323. The van der Waals surface area contributed by atoms with Crippen LogP contribution in [0.4, 0.5) is 11.5 Å². The van der Waals surface area contributed by atoms with Gasteiger partial charge in [-0.2, -0.15) is 0 Å². The van der Waals surface area contributed by atoms with Gasteiger partial charge >= 0.3 is 5.69 Å². The van der Waals surface area contributed by atoms with Crippen molar-refractivity contribution in [2.75, 3.05) is 5.32 Å². The first-order valence-corrected chi connectivity index (χ1v) is 7.06. The summed E-state index contributed by atoms with van der Waals surface area (Å²) in [5.41, 5.74) is 1.29. The second kappa shape index (κ2) is 4.97. The number of nitro groups is 1. The summed E-state index contributed by atoms with van der Waals surface area (Å²) in [5.74, 6) is 0.358. The van der Waals surface area contributed by atoms with Crippen LogP contribution in [-0.2, 0) is 6.42 Å². The summed E-state index contributed by atoms with van der Waals surface area (Å²) in [6.45, 7) is 0. The maximum Gasteiger partial charge on any atom is 0.311 e. The lowest BCUT2D eigenvalue weighted by Crippen LogP contribution is -2.17. The van der Waals surface area contributed by atoms with Gasteiger partial charge in [-0.05, 0) is 42.3 Å². The van der Waals surface area contributed by atoms with Gasteiger partial charge in [-0.15, -0.1) is 11.3 Å². The molecule has 1 aliphatic rings. The van der Waals surface area contributed by atoms with E-state index in [1.165, 1.54) is 16.5 Å². The molecule has 0 aromatic carbocycles. The van der Waals surface area contributed by atoms with Crippen LogP contribution in [0.15, 0.2) is 29.8 Å². The van der Waals surface area contributed by atoms with Crippen molar-refractivity contribution in [2.24, 2.45) is 0 Å². The van der Waals surface area contributed by atoms with Gasteiger partial charge in [-0.25, -0.2) is 4.98 Å². The molecule has 19 heavy (non-hydrogen) atoms. The van der Waals surface area contributed by atoms with E-state index in [4.69, 9.17) is 0 Å². The number of thiophene rings is 1. The van der Waals surface area contributed by atoms with Crippen LogP contribution in [-0.4, -0.2) is 9.91 Å². The van der Waals surface area contributed by atoms with Crippen LogP contribution in [0.25, 0.3) is 0 Å².